The summed E-state index contributed by atoms with van der Waals surface area (Å²) in [6.07, 6.45) is 0.336. The summed E-state index contributed by atoms with van der Waals surface area (Å²) in [4.78, 5) is 49.3. The average molecular weight is 409 g/mol. The lowest BCUT2D eigenvalue weighted by Gasteiger charge is -2.18. The molecule has 8 heteroatoms. The fourth-order valence-electron chi connectivity index (χ4n) is 3.24. The summed E-state index contributed by atoms with van der Waals surface area (Å²) in [5.74, 6) is -1.74. The molecule has 0 fully saturated rings. The number of fused-ring (bicyclic) bond motifs is 1. The summed E-state index contributed by atoms with van der Waals surface area (Å²) in [5, 5.41) is 8.00. The number of para-hydroxylation sites is 1. The number of carbonyl (C=O) groups is 4. The molecule has 8 nitrogen and oxygen atoms in total. The monoisotopic (exact) mass is 409 g/mol. The van der Waals surface area contributed by atoms with Crippen LogP contribution in [0.4, 0.5) is 5.69 Å². The Labute approximate surface area is 174 Å². The molecule has 0 bridgehead atoms. The number of amides is 3. The Hall–Kier alpha value is -3.68. The molecule has 3 N–H and O–H groups in total. The van der Waals surface area contributed by atoms with Crippen molar-refractivity contribution in [3.05, 3.63) is 65.7 Å². The number of anilines is 1. The summed E-state index contributed by atoms with van der Waals surface area (Å²) >= 11 is 0. The van der Waals surface area contributed by atoms with Crippen LogP contribution in [0.15, 0.2) is 54.6 Å². The minimum atomic E-state index is -0.860. The van der Waals surface area contributed by atoms with Gasteiger partial charge in [-0.25, -0.2) is 4.79 Å². The molecule has 2 aromatic rings. The molecule has 30 heavy (non-hydrogen) atoms. The van der Waals surface area contributed by atoms with Crippen molar-refractivity contribution in [2.45, 2.75) is 31.3 Å². The van der Waals surface area contributed by atoms with Crippen LogP contribution in [-0.4, -0.2) is 42.9 Å². The van der Waals surface area contributed by atoms with Crippen LogP contribution in [0.25, 0.3) is 0 Å². The van der Waals surface area contributed by atoms with E-state index < -0.39 is 29.9 Å². The Kier molecular flexibility index (Phi) is 6.79. The van der Waals surface area contributed by atoms with E-state index in [1.165, 1.54) is 7.11 Å². The molecule has 0 radical (unpaired) electrons. The predicted molar refractivity (Wildman–Crippen MR) is 110 cm³/mol. The van der Waals surface area contributed by atoms with Crippen molar-refractivity contribution in [1.82, 2.24) is 10.6 Å². The largest absolute Gasteiger partial charge is 0.467 e. The van der Waals surface area contributed by atoms with E-state index in [1.807, 2.05) is 30.3 Å². The Morgan fingerprint density at radius 1 is 1.07 bits per heavy atom. The number of ether oxygens (including phenoxy) is 1. The van der Waals surface area contributed by atoms with E-state index in [1.54, 1.807) is 24.3 Å². The van der Waals surface area contributed by atoms with Crippen molar-refractivity contribution in [1.29, 1.82) is 0 Å². The first-order valence-corrected chi connectivity index (χ1v) is 9.60. The number of methoxy groups -OCH3 is 1. The minimum Gasteiger partial charge on any atom is -0.467 e. The first kappa shape index (κ1) is 21.0. The molecule has 0 saturated heterocycles. The highest BCUT2D eigenvalue weighted by atomic mass is 16.5. The SMILES string of the molecule is COC(=O)[C@H](Cc1ccccc1)NC(=O)CCC1NC(=O)c2ccccc2NC1=O. The third-order valence-corrected chi connectivity index (χ3v) is 4.82. The van der Waals surface area contributed by atoms with Gasteiger partial charge in [-0.05, 0) is 24.1 Å². The number of hydrogen-bond donors (Lipinski definition) is 3. The molecule has 2 aromatic carbocycles. The van der Waals surface area contributed by atoms with E-state index in [0.717, 1.165) is 5.56 Å². The van der Waals surface area contributed by atoms with E-state index in [4.69, 9.17) is 4.74 Å². The van der Waals surface area contributed by atoms with E-state index >= 15 is 0 Å². The van der Waals surface area contributed by atoms with Gasteiger partial charge in [0.25, 0.3) is 5.91 Å². The van der Waals surface area contributed by atoms with Crippen LogP contribution in [0, 0.1) is 0 Å². The second-order valence-electron chi connectivity index (χ2n) is 6.93. The maximum absolute atomic E-state index is 12.4. The molecule has 1 heterocycles. The number of nitrogens with one attached hydrogen (secondary N) is 3. The topological polar surface area (TPSA) is 114 Å². The van der Waals surface area contributed by atoms with Gasteiger partial charge in [0.1, 0.15) is 12.1 Å². The summed E-state index contributed by atoms with van der Waals surface area (Å²) in [6, 6.07) is 14.2. The lowest BCUT2D eigenvalue weighted by Crippen LogP contribution is -2.45. The summed E-state index contributed by atoms with van der Waals surface area (Å²) in [7, 11) is 1.26. The zero-order chi connectivity index (χ0) is 21.5. The highest BCUT2D eigenvalue weighted by Gasteiger charge is 2.29. The molecule has 0 aromatic heterocycles. The van der Waals surface area contributed by atoms with Crippen molar-refractivity contribution in [3.8, 4) is 0 Å². The van der Waals surface area contributed by atoms with Crippen LogP contribution in [-0.2, 0) is 25.5 Å². The van der Waals surface area contributed by atoms with Gasteiger partial charge in [-0.15, -0.1) is 0 Å². The molecule has 0 spiro atoms. The van der Waals surface area contributed by atoms with Crippen molar-refractivity contribution < 1.29 is 23.9 Å². The maximum Gasteiger partial charge on any atom is 0.328 e. The van der Waals surface area contributed by atoms with Crippen molar-refractivity contribution in [2.75, 3.05) is 12.4 Å². The standard InChI is InChI=1S/C22H23N3O5/c1-30-22(29)18(13-14-7-3-2-4-8-14)23-19(26)12-11-17-21(28)24-16-10-6-5-9-15(16)20(27)25-17/h2-10,17-18H,11-13H2,1H3,(H,23,26)(H,24,28)(H,25,27)/t17?,18-/m0/s1. The Morgan fingerprint density at radius 2 is 1.77 bits per heavy atom. The zero-order valence-corrected chi connectivity index (χ0v) is 16.5. The molecule has 1 unspecified atom stereocenters. The van der Waals surface area contributed by atoms with Gasteiger partial charge < -0.3 is 20.7 Å². The lowest BCUT2D eigenvalue weighted by molar-refractivity contribution is -0.145. The van der Waals surface area contributed by atoms with Gasteiger partial charge in [-0.1, -0.05) is 42.5 Å². The van der Waals surface area contributed by atoms with Gasteiger partial charge in [0.2, 0.25) is 11.8 Å². The van der Waals surface area contributed by atoms with Crippen LogP contribution < -0.4 is 16.0 Å². The first-order valence-electron chi connectivity index (χ1n) is 9.60. The zero-order valence-electron chi connectivity index (χ0n) is 16.5. The Balaban J connectivity index is 1.59. The third kappa shape index (κ3) is 5.22. The highest BCUT2D eigenvalue weighted by Crippen LogP contribution is 2.19. The first-order chi connectivity index (χ1) is 14.5. The molecule has 2 atom stereocenters. The van der Waals surface area contributed by atoms with E-state index in [2.05, 4.69) is 16.0 Å². The van der Waals surface area contributed by atoms with E-state index in [0.29, 0.717) is 11.3 Å². The van der Waals surface area contributed by atoms with Gasteiger partial charge in [-0.2, -0.15) is 0 Å². The molecular weight excluding hydrogens is 386 g/mol. The molecule has 156 valence electrons. The van der Waals surface area contributed by atoms with Crippen molar-refractivity contribution in [3.63, 3.8) is 0 Å². The molecule has 1 aliphatic heterocycles. The van der Waals surface area contributed by atoms with Crippen LogP contribution in [0.3, 0.4) is 0 Å². The second-order valence-corrected chi connectivity index (χ2v) is 6.93. The predicted octanol–water partition coefficient (Wildman–Crippen LogP) is 1.42. The van der Waals surface area contributed by atoms with Crippen molar-refractivity contribution in [2.24, 2.45) is 0 Å². The quantitative estimate of drug-likeness (QED) is 0.599. The molecule has 3 rings (SSSR count). The summed E-state index contributed by atoms with van der Waals surface area (Å²) < 4.78 is 4.79. The van der Waals surface area contributed by atoms with Crippen LogP contribution in [0.5, 0.6) is 0 Å². The third-order valence-electron chi connectivity index (χ3n) is 4.82. The lowest BCUT2D eigenvalue weighted by atomic mass is 10.1. The van der Waals surface area contributed by atoms with Gasteiger partial charge >= 0.3 is 5.97 Å². The highest BCUT2D eigenvalue weighted by molar-refractivity contribution is 6.09. The normalized spacial score (nSPS) is 16.4. The number of rotatable bonds is 7. The number of carbonyl (C=O) groups excluding carboxylic acids is 4. The Morgan fingerprint density at radius 3 is 2.50 bits per heavy atom. The van der Waals surface area contributed by atoms with E-state index in [-0.39, 0.29) is 25.2 Å². The van der Waals surface area contributed by atoms with Gasteiger partial charge in [0.15, 0.2) is 0 Å². The van der Waals surface area contributed by atoms with Crippen molar-refractivity contribution >= 4 is 29.4 Å². The fourth-order valence-corrected chi connectivity index (χ4v) is 3.24. The van der Waals surface area contributed by atoms with Gasteiger partial charge in [-0.3, -0.25) is 14.4 Å². The fraction of sp³-hybridized carbons (Fsp3) is 0.273. The van der Waals surface area contributed by atoms with Gasteiger partial charge in [0.05, 0.1) is 18.4 Å². The molecule has 1 aliphatic rings. The number of benzene rings is 2. The summed E-state index contributed by atoms with van der Waals surface area (Å²) in [5.41, 5.74) is 1.67. The molecule has 0 saturated carbocycles. The molecule has 3 amide bonds. The maximum atomic E-state index is 12.4. The minimum absolute atomic E-state index is 0.0446. The average Bonchev–Trinajstić information content (AvgIpc) is 2.87. The molecule has 0 aliphatic carbocycles. The van der Waals surface area contributed by atoms with Crippen LogP contribution >= 0.6 is 0 Å². The van der Waals surface area contributed by atoms with Gasteiger partial charge in [0, 0.05) is 12.8 Å². The second kappa shape index (κ2) is 9.69. The van der Waals surface area contributed by atoms with Crippen LogP contribution in [0.1, 0.15) is 28.8 Å². The Bertz CT molecular complexity index is 945. The van der Waals surface area contributed by atoms with E-state index in [9.17, 15) is 19.2 Å². The smallest absolute Gasteiger partial charge is 0.328 e. The molecular formula is C22H23N3O5. The number of hydrogen-bond acceptors (Lipinski definition) is 5. The summed E-state index contributed by atoms with van der Waals surface area (Å²) in [6.45, 7) is 0. The van der Waals surface area contributed by atoms with Crippen LogP contribution in [0.2, 0.25) is 0 Å². The number of esters is 1.